The number of hydrogen-bond donors (Lipinski definition) is 4. The Morgan fingerprint density at radius 3 is 2.14 bits per heavy atom. The lowest BCUT2D eigenvalue weighted by Crippen LogP contribution is -2.51. The second-order valence-electron chi connectivity index (χ2n) is 2.64. The van der Waals surface area contributed by atoms with E-state index in [1.165, 1.54) is 0 Å². The summed E-state index contributed by atoms with van der Waals surface area (Å²) in [6, 6.07) is -1.43. The lowest BCUT2D eigenvalue weighted by molar-refractivity contribution is -0.154. The molecule has 0 aliphatic heterocycles. The summed E-state index contributed by atoms with van der Waals surface area (Å²) >= 11 is 0. The second kappa shape index (κ2) is 5.30. The molecule has 14 heavy (non-hydrogen) atoms. The number of aldehydes is 1. The Balaban J connectivity index is 4.44. The number of carboxylic acids is 1. The topological polar surface area (TPSA) is 124 Å². The number of carboxylic acid groups (broad SMARTS) is 1. The van der Waals surface area contributed by atoms with Crippen molar-refractivity contribution in [2.45, 2.75) is 25.2 Å². The molecule has 0 bridgehead atoms. The van der Waals surface area contributed by atoms with Gasteiger partial charge in [-0.3, -0.25) is 4.79 Å². The van der Waals surface area contributed by atoms with Crippen LogP contribution >= 0.6 is 0 Å². The first-order chi connectivity index (χ1) is 6.40. The van der Waals surface area contributed by atoms with Crippen LogP contribution in [0.3, 0.4) is 0 Å². The molecule has 0 aliphatic rings. The van der Waals surface area contributed by atoms with Gasteiger partial charge in [0.1, 0.15) is 18.4 Å². The molecule has 7 heteroatoms. The Labute approximate surface area is 79.3 Å². The van der Waals surface area contributed by atoms with E-state index in [0.717, 1.165) is 6.92 Å². The monoisotopic (exact) mass is 205 g/mol. The van der Waals surface area contributed by atoms with Crippen molar-refractivity contribution in [1.82, 2.24) is 5.32 Å². The number of aliphatic hydroxyl groups is 2. The highest BCUT2D eigenvalue weighted by Crippen LogP contribution is 1.98. The van der Waals surface area contributed by atoms with Crippen molar-refractivity contribution in [3.8, 4) is 0 Å². The summed E-state index contributed by atoms with van der Waals surface area (Å²) in [5.41, 5.74) is 0. The Kier molecular flexibility index (Phi) is 4.74. The van der Waals surface area contributed by atoms with E-state index in [1.807, 2.05) is 5.32 Å². The third kappa shape index (κ3) is 3.50. The molecule has 0 heterocycles. The maximum absolute atomic E-state index is 10.5. The number of amides is 1. The zero-order chi connectivity index (χ0) is 11.3. The van der Waals surface area contributed by atoms with Gasteiger partial charge in [0.25, 0.3) is 0 Å². The molecule has 3 atom stereocenters. The van der Waals surface area contributed by atoms with Gasteiger partial charge in [0, 0.05) is 6.92 Å². The van der Waals surface area contributed by atoms with Crippen molar-refractivity contribution in [1.29, 1.82) is 0 Å². The van der Waals surface area contributed by atoms with Gasteiger partial charge in [-0.15, -0.1) is 0 Å². The Bertz CT molecular complexity index is 240. The lowest BCUT2D eigenvalue weighted by Gasteiger charge is -2.20. The molecule has 7 nitrogen and oxygen atoms in total. The van der Waals surface area contributed by atoms with Crippen LogP contribution in [0.15, 0.2) is 0 Å². The summed E-state index contributed by atoms with van der Waals surface area (Å²) in [6.07, 6.45) is -3.83. The molecule has 0 aromatic carbocycles. The molecule has 4 N–H and O–H groups in total. The molecule has 0 aromatic rings. The third-order valence-electron chi connectivity index (χ3n) is 1.46. The zero-order valence-electron chi connectivity index (χ0n) is 7.38. The van der Waals surface area contributed by atoms with Crippen molar-refractivity contribution in [3.05, 3.63) is 0 Å². The van der Waals surface area contributed by atoms with Gasteiger partial charge in [-0.1, -0.05) is 0 Å². The van der Waals surface area contributed by atoms with Crippen LogP contribution in [-0.2, 0) is 14.4 Å². The van der Waals surface area contributed by atoms with Crippen LogP contribution in [-0.4, -0.2) is 51.7 Å². The van der Waals surface area contributed by atoms with Gasteiger partial charge in [-0.2, -0.15) is 0 Å². The molecule has 0 rings (SSSR count). The van der Waals surface area contributed by atoms with Gasteiger partial charge in [0.05, 0.1) is 0 Å². The van der Waals surface area contributed by atoms with E-state index < -0.39 is 30.1 Å². The van der Waals surface area contributed by atoms with Crippen LogP contribution < -0.4 is 5.32 Å². The van der Waals surface area contributed by atoms with E-state index in [1.54, 1.807) is 0 Å². The predicted octanol–water partition coefficient (Wildman–Crippen LogP) is -2.50. The fraction of sp³-hybridized carbons (Fsp3) is 0.571. The number of aliphatic carboxylic acids is 1. The highest BCUT2D eigenvalue weighted by Gasteiger charge is 2.31. The molecule has 0 aliphatic carbocycles. The molecule has 0 saturated carbocycles. The molecular formula is C7H11NO6. The number of hydrogen-bond acceptors (Lipinski definition) is 5. The Hall–Kier alpha value is -1.47. The molecule has 0 radical (unpaired) electrons. The number of rotatable bonds is 5. The predicted molar refractivity (Wildman–Crippen MR) is 43.3 cm³/mol. The molecule has 3 unspecified atom stereocenters. The summed E-state index contributed by atoms with van der Waals surface area (Å²) in [7, 11) is 0. The summed E-state index contributed by atoms with van der Waals surface area (Å²) < 4.78 is 0. The highest BCUT2D eigenvalue weighted by molar-refractivity contribution is 5.79. The average molecular weight is 205 g/mol. The minimum absolute atomic E-state index is 0.151. The van der Waals surface area contributed by atoms with Crippen molar-refractivity contribution in [3.63, 3.8) is 0 Å². The van der Waals surface area contributed by atoms with Crippen LogP contribution in [0.4, 0.5) is 0 Å². The minimum Gasteiger partial charge on any atom is -0.479 e. The van der Waals surface area contributed by atoms with Gasteiger partial charge in [-0.25, -0.2) is 4.79 Å². The number of carbonyl (C=O) groups excluding carboxylic acids is 2. The summed E-state index contributed by atoms with van der Waals surface area (Å²) in [5, 5.41) is 28.2. The van der Waals surface area contributed by atoms with Gasteiger partial charge in [0.15, 0.2) is 6.10 Å². The van der Waals surface area contributed by atoms with E-state index in [4.69, 9.17) is 15.3 Å². The van der Waals surface area contributed by atoms with E-state index in [2.05, 4.69) is 0 Å². The van der Waals surface area contributed by atoms with Crippen LogP contribution in [0, 0.1) is 0 Å². The summed E-state index contributed by atoms with van der Waals surface area (Å²) in [5.74, 6) is -2.28. The molecular weight excluding hydrogens is 194 g/mol. The standard InChI is InChI=1S/C7H11NO6/c1-3(10)8-4(2-9)5(11)6(12)7(13)14/h2,4-6,11-12H,1H3,(H,8,10)(H,13,14). The Morgan fingerprint density at radius 1 is 1.36 bits per heavy atom. The summed E-state index contributed by atoms with van der Waals surface area (Å²) in [4.78, 5) is 31.0. The van der Waals surface area contributed by atoms with Gasteiger partial charge in [0.2, 0.25) is 5.91 Å². The van der Waals surface area contributed by atoms with Crippen LogP contribution in [0.2, 0.25) is 0 Å². The molecule has 0 aromatic heterocycles. The second-order valence-corrected chi connectivity index (χ2v) is 2.64. The van der Waals surface area contributed by atoms with E-state index in [0.29, 0.717) is 0 Å². The normalized spacial score (nSPS) is 16.5. The number of carbonyl (C=O) groups is 3. The van der Waals surface area contributed by atoms with Gasteiger partial charge in [-0.05, 0) is 0 Å². The van der Waals surface area contributed by atoms with Crippen molar-refractivity contribution >= 4 is 18.2 Å². The van der Waals surface area contributed by atoms with E-state index in [9.17, 15) is 14.4 Å². The van der Waals surface area contributed by atoms with Crippen LogP contribution in [0.1, 0.15) is 6.92 Å². The van der Waals surface area contributed by atoms with Crippen molar-refractivity contribution in [2.24, 2.45) is 0 Å². The Morgan fingerprint density at radius 2 is 1.86 bits per heavy atom. The molecule has 0 saturated heterocycles. The molecule has 1 amide bonds. The fourth-order valence-electron chi connectivity index (χ4n) is 0.777. The smallest absolute Gasteiger partial charge is 0.335 e. The van der Waals surface area contributed by atoms with E-state index >= 15 is 0 Å². The average Bonchev–Trinajstić information content (AvgIpc) is 2.11. The largest absolute Gasteiger partial charge is 0.479 e. The fourth-order valence-corrected chi connectivity index (χ4v) is 0.777. The zero-order valence-corrected chi connectivity index (χ0v) is 7.38. The summed E-state index contributed by atoms with van der Waals surface area (Å²) in [6.45, 7) is 1.09. The van der Waals surface area contributed by atoms with Crippen LogP contribution in [0.5, 0.6) is 0 Å². The maximum Gasteiger partial charge on any atom is 0.335 e. The molecule has 80 valence electrons. The first-order valence-electron chi connectivity index (χ1n) is 3.71. The number of aliphatic hydroxyl groups excluding tert-OH is 2. The SMILES string of the molecule is CC(=O)NC(C=O)C(O)C(O)C(=O)O. The van der Waals surface area contributed by atoms with Crippen LogP contribution in [0.25, 0.3) is 0 Å². The first-order valence-corrected chi connectivity index (χ1v) is 3.71. The number of nitrogens with one attached hydrogen (secondary N) is 1. The van der Waals surface area contributed by atoms with E-state index in [-0.39, 0.29) is 6.29 Å². The van der Waals surface area contributed by atoms with Crippen molar-refractivity contribution in [2.75, 3.05) is 0 Å². The highest BCUT2D eigenvalue weighted by atomic mass is 16.4. The minimum atomic E-state index is -2.11. The first kappa shape index (κ1) is 12.5. The molecule has 0 fully saturated rings. The van der Waals surface area contributed by atoms with Gasteiger partial charge < -0.3 is 25.4 Å². The maximum atomic E-state index is 10.5. The quantitative estimate of drug-likeness (QED) is 0.368. The molecule has 0 spiro atoms. The van der Waals surface area contributed by atoms with Crippen molar-refractivity contribution < 1.29 is 29.7 Å². The third-order valence-corrected chi connectivity index (χ3v) is 1.46. The van der Waals surface area contributed by atoms with Gasteiger partial charge >= 0.3 is 5.97 Å². The lowest BCUT2D eigenvalue weighted by atomic mass is 10.1.